The second-order valence-electron chi connectivity index (χ2n) is 11.4. The van der Waals surface area contributed by atoms with Crippen LogP contribution in [0.15, 0.2) is 97.2 Å². The average molecular weight is 607 g/mol. The van der Waals surface area contributed by atoms with Gasteiger partial charge in [-0.3, -0.25) is 4.79 Å². The van der Waals surface area contributed by atoms with Gasteiger partial charge in [0.15, 0.2) is 0 Å². The van der Waals surface area contributed by atoms with Gasteiger partial charge in [-0.05, 0) is 76.5 Å². The minimum atomic E-state index is -0.956. The molecule has 0 aromatic heterocycles. The van der Waals surface area contributed by atoms with Crippen LogP contribution in [0.25, 0.3) is 0 Å². The number of hydrogen-bond acceptors (Lipinski definition) is 2. The maximum absolute atomic E-state index is 12.3. The predicted molar refractivity (Wildman–Crippen MR) is 190 cm³/mol. The molecule has 0 rings (SSSR count). The summed E-state index contributed by atoms with van der Waals surface area (Å²) in [5, 5.41) is 18.6. The molecule has 0 aliphatic carbocycles. The third-order valence-electron chi connectivity index (χ3n) is 7.54. The third kappa shape index (κ3) is 29.0. The van der Waals surface area contributed by atoms with Crippen LogP contribution in [-0.4, -0.2) is 22.2 Å². The minimum absolute atomic E-state index is 0.239. The normalized spacial score (nSPS) is 14.3. The molecule has 0 fully saturated rings. The Morgan fingerprint density at radius 2 is 0.977 bits per heavy atom. The lowest BCUT2D eigenvalue weighted by molar-refractivity contribution is -0.144. The van der Waals surface area contributed by atoms with E-state index in [2.05, 4.69) is 68.5 Å². The first kappa shape index (κ1) is 40.9. The van der Waals surface area contributed by atoms with Crippen molar-refractivity contribution in [1.29, 1.82) is 0 Å². The van der Waals surface area contributed by atoms with Crippen LogP contribution in [0.5, 0.6) is 0 Å². The SMILES string of the molecule is CCCCC/C=C\C/C=C\C/C=C\C/C=C\CCC(C(=O)O)C(CCCCC=CC=CC=CC=CC(=O)O)CCCCCC. The molecule has 0 aliphatic rings. The van der Waals surface area contributed by atoms with Gasteiger partial charge in [0.25, 0.3) is 0 Å². The van der Waals surface area contributed by atoms with Crippen LogP contribution in [0.3, 0.4) is 0 Å². The molecular formula is C40H62O4. The molecule has 246 valence electrons. The van der Waals surface area contributed by atoms with E-state index in [1.54, 1.807) is 12.2 Å². The zero-order chi connectivity index (χ0) is 32.4. The van der Waals surface area contributed by atoms with Gasteiger partial charge in [-0.25, -0.2) is 4.79 Å². The molecule has 2 unspecified atom stereocenters. The van der Waals surface area contributed by atoms with Crippen molar-refractivity contribution in [3.63, 3.8) is 0 Å². The highest BCUT2D eigenvalue weighted by molar-refractivity contribution is 5.80. The fourth-order valence-corrected chi connectivity index (χ4v) is 5.02. The Kier molecular flexibility index (Phi) is 30.4. The summed E-state index contributed by atoms with van der Waals surface area (Å²) in [5.41, 5.74) is 0. The van der Waals surface area contributed by atoms with E-state index >= 15 is 0 Å². The summed E-state index contributed by atoms with van der Waals surface area (Å²) in [4.78, 5) is 22.7. The summed E-state index contributed by atoms with van der Waals surface area (Å²) >= 11 is 0. The quantitative estimate of drug-likeness (QED) is 0.0384. The van der Waals surface area contributed by atoms with Gasteiger partial charge in [-0.2, -0.15) is 0 Å². The largest absolute Gasteiger partial charge is 0.481 e. The van der Waals surface area contributed by atoms with Gasteiger partial charge in [0, 0.05) is 6.08 Å². The number of rotatable bonds is 29. The van der Waals surface area contributed by atoms with Crippen molar-refractivity contribution in [3.05, 3.63) is 97.2 Å². The maximum atomic E-state index is 12.3. The molecule has 0 aromatic rings. The number of aliphatic carboxylic acids is 2. The lowest BCUT2D eigenvalue weighted by Gasteiger charge is -2.24. The Balaban J connectivity index is 4.51. The van der Waals surface area contributed by atoms with Crippen LogP contribution < -0.4 is 0 Å². The van der Waals surface area contributed by atoms with Crippen LogP contribution >= 0.6 is 0 Å². The van der Waals surface area contributed by atoms with E-state index in [0.29, 0.717) is 6.42 Å². The van der Waals surface area contributed by atoms with Crippen molar-refractivity contribution in [1.82, 2.24) is 0 Å². The second kappa shape index (κ2) is 32.8. The lowest BCUT2D eigenvalue weighted by atomic mass is 9.81. The van der Waals surface area contributed by atoms with Crippen LogP contribution in [0.1, 0.15) is 129 Å². The summed E-state index contributed by atoms with van der Waals surface area (Å²) in [6, 6.07) is 0. The molecule has 4 nitrogen and oxygen atoms in total. The number of unbranched alkanes of at least 4 members (excludes halogenated alkanes) is 8. The number of hydrogen-bond donors (Lipinski definition) is 2. The van der Waals surface area contributed by atoms with E-state index in [4.69, 9.17) is 5.11 Å². The summed E-state index contributed by atoms with van der Waals surface area (Å²) in [5.74, 6) is -1.63. The van der Waals surface area contributed by atoms with Gasteiger partial charge in [-0.15, -0.1) is 0 Å². The van der Waals surface area contributed by atoms with Crippen molar-refractivity contribution >= 4 is 11.9 Å². The van der Waals surface area contributed by atoms with Crippen molar-refractivity contribution in [2.24, 2.45) is 11.8 Å². The molecule has 2 N–H and O–H groups in total. The molecule has 0 saturated carbocycles. The summed E-state index contributed by atoms with van der Waals surface area (Å²) in [7, 11) is 0. The van der Waals surface area contributed by atoms with Gasteiger partial charge < -0.3 is 10.2 Å². The summed E-state index contributed by atoms with van der Waals surface area (Å²) in [6.45, 7) is 4.44. The molecule has 4 heteroatoms. The highest BCUT2D eigenvalue weighted by atomic mass is 16.4. The standard InChI is InChI=1S/C40H62O4/c1-3-5-7-9-10-11-12-13-14-15-16-17-21-24-27-31-35-38(40(43)44)37(33-29-8-6-4-2)34-30-26-23-20-18-19-22-25-28-32-36-39(41)42/h10-11,13-14,16-20,22,24-25,27-28,32,36-38H,3-9,12,15,21,23,26,29-31,33-35H2,1-2H3,(H,41,42)(H,43,44)/b11-10-,14-13-,17-16-,20-18?,22-19?,27-24-,28-25?,36-32?. The highest BCUT2D eigenvalue weighted by Gasteiger charge is 2.26. The number of carboxylic acids is 2. The van der Waals surface area contributed by atoms with E-state index in [1.165, 1.54) is 51.0 Å². The molecule has 0 radical (unpaired) electrons. The molecule has 0 bridgehead atoms. The van der Waals surface area contributed by atoms with E-state index in [1.807, 2.05) is 18.2 Å². The van der Waals surface area contributed by atoms with Gasteiger partial charge >= 0.3 is 11.9 Å². The fraction of sp³-hybridized carbons (Fsp3) is 0.550. The van der Waals surface area contributed by atoms with Gasteiger partial charge in [0.1, 0.15) is 0 Å². The van der Waals surface area contributed by atoms with Crippen LogP contribution in [0, 0.1) is 11.8 Å². The minimum Gasteiger partial charge on any atom is -0.481 e. The lowest BCUT2D eigenvalue weighted by Crippen LogP contribution is -2.24. The first-order valence-electron chi connectivity index (χ1n) is 17.2. The highest BCUT2D eigenvalue weighted by Crippen LogP contribution is 2.29. The molecule has 0 saturated heterocycles. The molecule has 44 heavy (non-hydrogen) atoms. The average Bonchev–Trinajstić information content (AvgIpc) is 3.00. The first-order valence-corrected chi connectivity index (χ1v) is 17.2. The Labute approximate surface area is 269 Å². The van der Waals surface area contributed by atoms with Crippen molar-refractivity contribution < 1.29 is 19.8 Å². The van der Waals surface area contributed by atoms with Crippen molar-refractivity contribution in [2.45, 2.75) is 129 Å². The Morgan fingerprint density at radius 3 is 1.57 bits per heavy atom. The zero-order valence-electron chi connectivity index (χ0n) is 27.8. The predicted octanol–water partition coefficient (Wildman–Crippen LogP) is 11.9. The zero-order valence-corrected chi connectivity index (χ0v) is 27.8. The van der Waals surface area contributed by atoms with Crippen molar-refractivity contribution in [3.8, 4) is 0 Å². The molecule has 0 spiro atoms. The van der Waals surface area contributed by atoms with Crippen LogP contribution in [-0.2, 0) is 9.59 Å². The van der Waals surface area contributed by atoms with Gasteiger partial charge in [0.05, 0.1) is 5.92 Å². The molecule has 2 atom stereocenters. The van der Waals surface area contributed by atoms with Crippen molar-refractivity contribution in [2.75, 3.05) is 0 Å². The van der Waals surface area contributed by atoms with Crippen LogP contribution in [0.4, 0.5) is 0 Å². The summed E-state index contributed by atoms with van der Waals surface area (Å²) in [6.07, 6.45) is 50.9. The van der Waals surface area contributed by atoms with E-state index in [-0.39, 0.29) is 11.8 Å². The number of carbonyl (C=O) groups is 2. The van der Waals surface area contributed by atoms with E-state index < -0.39 is 11.9 Å². The number of allylic oxidation sites excluding steroid dienone is 15. The Hall–Kier alpha value is -3.14. The Morgan fingerprint density at radius 1 is 0.500 bits per heavy atom. The number of carboxylic acid groups (broad SMARTS) is 2. The third-order valence-corrected chi connectivity index (χ3v) is 7.54. The second-order valence-corrected chi connectivity index (χ2v) is 11.4. The fourth-order valence-electron chi connectivity index (χ4n) is 5.02. The van der Waals surface area contributed by atoms with E-state index in [9.17, 15) is 14.7 Å². The summed E-state index contributed by atoms with van der Waals surface area (Å²) < 4.78 is 0. The first-order chi connectivity index (χ1) is 21.5. The smallest absolute Gasteiger partial charge is 0.328 e. The Bertz CT molecular complexity index is 929. The molecule has 0 heterocycles. The molecular weight excluding hydrogens is 544 g/mol. The maximum Gasteiger partial charge on any atom is 0.328 e. The van der Waals surface area contributed by atoms with Gasteiger partial charge in [-0.1, -0.05) is 150 Å². The van der Waals surface area contributed by atoms with Gasteiger partial charge in [0.2, 0.25) is 0 Å². The molecule has 0 aromatic carbocycles. The van der Waals surface area contributed by atoms with E-state index in [0.717, 1.165) is 70.3 Å². The van der Waals surface area contributed by atoms with Crippen LogP contribution in [0.2, 0.25) is 0 Å². The monoisotopic (exact) mass is 606 g/mol. The molecule has 0 amide bonds. The molecule has 0 aliphatic heterocycles. The topological polar surface area (TPSA) is 74.6 Å².